The number of rotatable bonds is 2. The Morgan fingerprint density at radius 2 is 2.29 bits per heavy atom. The zero-order valence-electron chi connectivity index (χ0n) is 7.83. The van der Waals surface area contributed by atoms with E-state index in [-0.39, 0.29) is 18.1 Å². The second kappa shape index (κ2) is 2.42. The first-order valence-corrected chi connectivity index (χ1v) is 4.95. The molecular formula is C9H11N3O2. The third kappa shape index (κ3) is 0.805. The second-order valence-electron chi connectivity index (χ2n) is 4.49. The average Bonchev–Trinajstić information content (AvgIpc) is 2.46. The SMILES string of the molecule is CC(=O)O[C@@H]1[C@H]2C[C@H]3[C@H]([C@@H]2N=[N+]=[N-])[C@@H]31. The van der Waals surface area contributed by atoms with Crippen molar-refractivity contribution >= 4 is 5.97 Å². The molecule has 0 N–H and O–H groups in total. The van der Waals surface area contributed by atoms with Gasteiger partial charge in [0.15, 0.2) is 0 Å². The van der Waals surface area contributed by atoms with E-state index in [1.807, 2.05) is 0 Å². The van der Waals surface area contributed by atoms with Crippen LogP contribution in [0.15, 0.2) is 5.11 Å². The molecule has 0 aliphatic heterocycles. The number of ether oxygens (including phenoxy) is 1. The summed E-state index contributed by atoms with van der Waals surface area (Å²) in [5.74, 6) is 1.77. The topological polar surface area (TPSA) is 75.1 Å². The molecule has 0 saturated heterocycles. The van der Waals surface area contributed by atoms with E-state index in [2.05, 4.69) is 10.0 Å². The molecule has 4 rings (SSSR count). The van der Waals surface area contributed by atoms with E-state index in [9.17, 15) is 4.79 Å². The number of hydrogen-bond donors (Lipinski definition) is 0. The fourth-order valence-corrected chi connectivity index (χ4v) is 3.62. The van der Waals surface area contributed by atoms with Gasteiger partial charge in [-0.1, -0.05) is 5.11 Å². The minimum absolute atomic E-state index is 0.0398. The first-order chi connectivity index (χ1) is 6.74. The van der Waals surface area contributed by atoms with E-state index in [1.165, 1.54) is 6.92 Å². The standard InChI is InChI=1S/C9H11N3O2/c1-3(13)14-9-5-2-4-6(7(4)9)8(5)11-12-10/h4-9H,2H2,1H3/t4-,5-,6-,7+,8+,9+/m0/s1. The van der Waals surface area contributed by atoms with Gasteiger partial charge < -0.3 is 4.74 Å². The van der Waals surface area contributed by atoms with Crippen molar-refractivity contribution in [2.45, 2.75) is 25.5 Å². The molecule has 0 spiro atoms. The van der Waals surface area contributed by atoms with Crippen molar-refractivity contribution in [3.8, 4) is 0 Å². The van der Waals surface area contributed by atoms with Crippen molar-refractivity contribution in [1.29, 1.82) is 0 Å². The monoisotopic (exact) mass is 193 g/mol. The van der Waals surface area contributed by atoms with E-state index < -0.39 is 0 Å². The smallest absolute Gasteiger partial charge is 0.302 e. The Balaban J connectivity index is 1.81. The first kappa shape index (κ1) is 8.12. The Morgan fingerprint density at radius 3 is 2.86 bits per heavy atom. The van der Waals surface area contributed by atoms with Gasteiger partial charge in [-0.15, -0.1) is 0 Å². The van der Waals surface area contributed by atoms with Gasteiger partial charge >= 0.3 is 5.97 Å². The highest BCUT2D eigenvalue weighted by Gasteiger charge is 2.74. The van der Waals surface area contributed by atoms with Crippen LogP contribution in [0.2, 0.25) is 0 Å². The van der Waals surface area contributed by atoms with Crippen molar-refractivity contribution < 1.29 is 9.53 Å². The van der Waals surface area contributed by atoms with Crippen LogP contribution in [0, 0.1) is 23.7 Å². The van der Waals surface area contributed by atoms with Crippen LogP contribution in [0.5, 0.6) is 0 Å². The molecule has 4 saturated carbocycles. The zero-order chi connectivity index (χ0) is 9.87. The number of carbonyl (C=O) groups is 1. The molecule has 5 nitrogen and oxygen atoms in total. The maximum Gasteiger partial charge on any atom is 0.302 e. The lowest BCUT2D eigenvalue weighted by Crippen LogP contribution is -2.24. The Morgan fingerprint density at radius 1 is 1.50 bits per heavy atom. The molecule has 4 aliphatic carbocycles. The summed E-state index contributed by atoms with van der Waals surface area (Å²) in [6, 6.07) is 0.0966. The summed E-state index contributed by atoms with van der Waals surface area (Å²) < 4.78 is 5.27. The molecule has 0 heterocycles. The van der Waals surface area contributed by atoms with Crippen LogP contribution in [-0.4, -0.2) is 18.1 Å². The molecule has 0 aromatic heterocycles. The van der Waals surface area contributed by atoms with Crippen LogP contribution < -0.4 is 0 Å². The Kier molecular flexibility index (Phi) is 1.40. The van der Waals surface area contributed by atoms with E-state index in [0.717, 1.165) is 6.42 Å². The Labute approximate surface area is 81.1 Å². The fourth-order valence-electron chi connectivity index (χ4n) is 3.62. The Hall–Kier alpha value is -1.22. The first-order valence-electron chi connectivity index (χ1n) is 4.95. The number of nitrogens with zero attached hydrogens (tertiary/aromatic N) is 3. The molecule has 0 radical (unpaired) electrons. The molecule has 4 fully saturated rings. The van der Waals surface area contributed by atoms with Crippen LogP contribution in [0.25, 0.3) is 10.4 Å². The van der Waals surface area contributed by atoms with Gasteiger partial charge in [-0.25, -0.2) is 0 Å². The highest BCUT2D eigenvalue weighted by Crippen LogP contribution is 2.72. The molecule has 4 bridgehead atoms. The predicted octanol–water partition coefficient (Wildman–Crippen LogP) is 1.49. The van der Waals surface area contributed by atoms with Crippen molar-refractivity contribution in [2.75, 3.05) is 0 Å². The van der Waals surface area contributed by atoms with Crippen LogP contribution >= 0.6 is 0 Å². The second-order valence-corrected chi connectivity index (χ2v) is 4.49. The highest BCUT2D eigenvalue weighted by molar-refractivity contribution is 5.66. The Bertz CT molecular complexity index is 350. The molecule has 6 atom stereocenters. The number of hydrogen-bond acceptors (Lipinski definition) is 3. The van der Waals surface area contributed by atoms with Crippen molar-refractivity contribution in [3.05, 3.63) is 10.4 Å². The van der Waals surface area contributed by atoms with E-state index in [4.69, 9.17) is 10.3 Å². The quantitative estimate of drug-likeness (QED) is 0.288. The molecule has 0 aromatic carbocycles. The number of azide groups is 1. The summed E-state index contributed by atoms with van der Waals surface area (Å²) >= 11 is 0. The molecular weight excluding hydrogens is 182 g/mol. The van der Waals surface area contributed by atoms with Gasteiger partial charge in [-0.2, -0.15) is 0 Å². The van der Waals surface area contributed by atoms with E-state index in [0.29, 0.717) is 23.7 Å². The van der Waals surface area contributed by atoms with Crippen LogP contribution in [0.3, 0.4) is 0 Å². The van der Waals surface area contributed by atoms with E-state index in [1.54, 1.807) is 0 Å². The van der Waals surface area contributed by atoms with Gasteiger partial charge in [0, 0.05) is 29.7 Å². The van der Waals surface area contributed by atoms with Gasteiger partial charge in [0.05, 0.1) is 0 Å². The summed E-state index contributed by atoms with van der Waals surface area (Å²) in [5.41, 5.74) is 8.42. The van der Waals surface area contributed by atoms with E-state index >= 15 is 0 Å². The van der Waals surface area contributed by atoms with Crippen molar-refractivity contribution in [2.24, 2.45) is 28.8 Å². The lowest BCUT2D eigenvalue weighted by Gasteiger charge is -2.16. The summed E-state index contributed by atoms with van der Waals surface area (Å²) in [4.78, 5) is 13.7. The molecule has 14 heavy (non-hydrogen) atoms. The number of esters is 1. The van der Waals surface area contributed by atoms with Crippen molar-refractivity contribution in [1.82, 2.24) is 0 Å². The van der Waals surface area contributed by atoms with Crippen LogP contribution in [-0.2, 0) is 9.53 Å². The minimum atomic E-state index is -0.215. The van der Waals surface area contributed by atoms with Gasteiger partial charge in [-0.3, -0.25) is 4.79 Å². The van der Waals surface area contributed by atoms with Gasteiger partial charge in [-0.05, 0) is 23.8 Å². The molecule has 74 valence electrons. The molecule has 4 aliphatic rings. The maximum atomic E-state index is 10.9. The molecule has 0 aromatic rings. The molecule has 0 amide bonds. The predicted molar refractivity (Wildman–Crippen MR) is 47.1 cm³/mol. The minimum Gasteiger partial charge on any atom is -0.462 e. The zero-order valence-corrected chi connectivity index (χ0v) is 7.83. The third-order valence-corrected chi connectivity index (χ3v) is 3.96. The summed E-state index contributed by atoms with van der Waals surface area (Å²) in [6.07, 6.45) is 1.12. The molecule has 0 unspecified atom stereocenters. The summed E-state index contributed by atoms with van der Waals surface area (Å²) in [5, 5.41) is 3.82. The third-order valence-electron chi connectivity index (χ3n) is 3.96. The average molecular weight is 193 g/mol. The maximum absolute atomic E-state index is 10.9. The lowest BCUT2D eigenvalue weighted by molar-refractivity contribution is -0.148. The van der Waals surface area contributed by atoms with Gasteiger partial charge in [0.25, 0.3) is 0 Å². The normalized spacial score (nSPS) is 51.2. The lowest BCUT2D eigenvalue weighted by atomic mass is 10.1. The largest absolute Gasteiger partial charge is 0.462 e. The van der Waals surface area contributed by atoms with Crippen LogP contribution in [0.1, 0.15) is 13.3 Å². The summed E-state index contributed by atoms with van der Waals surface area (Å²) in [7, 11) is 0. The van der Waals surface area contributed by atoms with Gasteiger partial charge in [0.1, 0.15) is 6.10 Å². The highest BCUT2D eigenvalue weighted by atomic mass is 16.5. The summed E-state index contributed by atoms with van der Waals surface area (Å²) in [6.45, 7) is 1.44. The van der Waals surface area contributed by atoms with Gasteiger partial charge in [0.2, 0.25) is 0 Å². The van der Waals surface area contributed by atoms with Crippen LogP contribution in [0.4, 0.5) is 0 Å². The van der Waals surface area contributed by atoms with Crippen molar-refractivity contribution in [3.63, 3.8) is 0 Å². The number of carbonyl (C=O) groups excluding carboxylic acids is 1. The molecule has 5 heteroatoms. The fraction of sp³-hybridized carbons (Fsp3) is 0.889.